The van der Waals surface area contributed by atoms with E-state index in [1.54, 1.807) is 0 Å². The summed E-state index contributed by atoms with van der Waals surface area (Å²) in [5.74, 6) is 0. The molecule has 0 N–H and O–H groups in total. The van der Waals surface area contributed by atoms with Crippen LogP contribution in [0.1, 0.15) is 12.0 Å². The minimum Gasteiger partial charge on any atom is -0.372 e. The van der Waals surface area contributed by atoms with E-state index in [1.165, 1.54) is 16.8 Å². The van der Waals surface area contributed by atoms with Gasteiger partial charge in [0.1, 0.15) is 0 Å². The fraction of sp³-hybridized carbons (Fsp3) is 0.222. The Morgan fingerprint density at radius 2 is 1.91 bits per heavy atom. The highest BCUT2D eigenvalue weighted by Gasteiger charge is 2.26. The van der Waals surface area contributed by atoms with Crippen LogP contribution in [-0.4, -0.2) is 28.7 Å². The highest BCUT2D eigenvalue weighted by atomic mass is 35.5. The van der Waals surface area contributed by atoms with E-state index in [2.05, 4.69) is 28.2 Å². The lowest BCUT2D eigenvalue weighted by atomic mass is 10.1. The van der Waals surface area contributed by atoms with Crippen molar-refractivity contribution in [1.82, 2.24) is 9.88 Å². The van der Waals surface area contributed by atoms with Crippen molar-refractivity contribution in [2.75, 3.05) is 18.1 Å². The number of nitrogens with zero attached hydrogens (tertiary/aromatic N) is 4. The molecule has 116 valence electrons. The van der Waals surface area contributed by atoms with Gasteiger partial charge in [-0.2, -0.15) is 5.10 Å². The Kier molecular flexibility index (Phi) is 3.75. The summed E-state index contributed by atoms with van der Waals surface area (Å²) in [5.41, 5.74) is 4.71. The molecule has 2 aliphatic rings. The smallest absolute Gasteiger partial charge is 0.0784 e. The third-order valence-electron chi connectivity index (χ3n) is 4.17. The maximum Gasteiger partial charge on any atom is 0.0784 e. The molecule has 0 saturated carbocycles. The molecule has 4 nitrogen and oxygen atoms in total. The molecule has 2 aliphatic heterocycles. The van der Waals surface area contributed by atoms with Gasteiger partial charge in [0.15, 0.2) is 0 Å². The average Bonchev–Trinajstić information content (AvgIpc) is 2.99. The zero-order chi connectivity index (χ0) is 15.6. The van der Waals surface area contributed by atoms with Crippen LogP contribution in [0.25, 0.3) is 0 Å². The molecule has 1 aromatic heterocycles. The Morgan fingerprint density at radius 3 is 2.74 bits per heavy atom. The van der Waals surface area contributed by atoms with Gasteiger partial charge in [-0.25, -0.2) is 0 Å². The van der Waals surface area contributed by atoms with Gasteiger partial charge in [0.2, 0.25) is 0 Å². The Morgan fingerprint density at radius 1 is 1.09 bits per heavy atom. The summed E-state index contributed by atoms with van der Waals surface area (Å²) >= 11 is 6.29. The van der Waals surface area contributed by atoms with Crippen LogP contribution in [0.2, 0.25) is 5.02 Å². The first-order chi connectivity index (χ1) is 11.3. The molecular formula is C18H17ClN4. The van der Waals surface area contributed by atoms with Crippen molar-refractivity contribution < 1.29 is 0 Å². The van der Waals surface area contributed by atoms with Gasteiger partial charge in [0, 0.05) is 43.7 Å². The molecule has 23 heavy (non-hydrogen) atoms. The summed E-state index contributed by atoms with van der Waals surface area (Å²) < 4.78 is 0. The van der Waals surface area contributed by atoms with Crippen molar-refractivity contribution in [2.24, 2.45) is 5.10 Å². The molecule has 1 aromatic carbocycles. The second-order valence-corrected chi connectivity index (χ2v) is 6.19. The molecular weight excluding hydrogens is 308 g/mol. The number of hydrogen-bond donors (Lipinski definition) is 0. The van der Waals surface area contributed by atoms with Crippen molar-refractivity contribution >= 4 is 23.0 Å². The zero-order valence-electron chi connectivity index (χ0n) is 12.7. The molecule has 4 rings (SSSR count). The lowest BCUT2D eigenvalue weighted by Gasteiger charge is -2.25. The van der Waals surface area contributed by atoms with Crippen molar-refractivity contribution in [3.8, 4) is 0 Å². The molecule has 5 heteroatoms. The van der Waals surface area contributed by atoms with E-state index < -0.39 is 0 Å². The van der Waals surface area contributed by atoms with E-state index in [0.717, 1.165) is 36.8 Å². The van der Waals surface area contributed by atoms with Crippen LogP contribution < -0.4 is 5.01 Å². The number of pyridine rings is 1. The number of rotatable bonds is 3. The van der Waals surface area contributed by atoms with Crippen molar-refractivity contribution in [3.63, 3.8) is 0 Å². The molecule has 0 aliphatic carbocycles. The highest BCUT2D eigenvalue weighted by Crippen LogP contribution is 2.31. The Balaban J connectivity index is 1.52. The molecule has 3 heterocycles. The lowest BCUT2D eigenvalue weighted by molar-refractivity contribution is 0.372. The third kappa shape index (κ3) is 2.94. The topological polar surface area (TPSA) is 31.7 Å². The molecule has 0 radical (unpaired) electrons. The van der Waals surface area contributed by atoms with Gasteiger partial charge >= 0.3 is 0 Å². The summed E-state index contributed by atoms with van der Waals surface area (Å²) in [6, 6.07) is 12.0. The third-order valence-corrected chi connectivity index (χ3v) is 4.49. The van der Waals surface area contributed by atoms with E-state index in [0.29, 0.717) is 0 Å². The fourth-order valence-corrected chi connectivity index (χ4v) is 3.24. The van der Waals surface area contributed by atoms with Crippen LogP contribution in [-0.2, 0) is 6.54 Å². The zero-order valence-corrected chi connectivity index (χ0v) is 13.4. The maximum absolute atomic E-state index is 6.29. The van der Waals surface area contributed by atoms with E-state index >= 15 is 0 Å². The van der Waals surface area contributed by atoms with Gasteiger partial charge in [0.05, 0.1) is 23.0 Å². The summed E-state index contributed by atoms with van der Waals surface area (Å²) in [6.45, 7) is 2.68. The number of anilines is 1. The maximum atomic E-state index is 6.29. The van der Waals surface area contributed by atoms with Crippen LogP contribution in [0.3, 0.4) is 0 Å². The predicted molar refractivity (Wildman–Crippen MR) is 93.6 cm³/mol. The van der Waals surface area contributed by atoms with Gasteiger partial charge in [-0.15, -0.1) is 0 Å². The summed E-state index contributed by atoms with van der Waals surface area (Å²) in [7, 11) is 0. The van der Waals surface area contributed by atoms with Crippen LogP contribution in [0.15, 0.2) is 65.7 Å². The van der Waals surface area contributed by atoms with Crippen molar-refractivity contribution in [1.29, 1.82) is 0 Å². The van der Waals surface area contributed by atoms with Gasteiger partial charge < -0.3 is 4.90 Å². The van der Waals surface area contributed by atoms with E-state index in [4.69, 9.17) is 16.7 Å². The van der Waals surface area contributed by atoms with Crippen LogP contribution in [0.4, 0.5) is 5.69 Å². The first kappa shape index (κ1) is 14.3. The number of halogens is 1. The second kappa shape index (κ2) is 6.05. The minimum atomic E-state index is 0.740. The number of aromatic nitrogens is 1. The van der Waals surface area contributed by atoms with E-state index in [-0.39, 0.29) is 0 Å². The van der Waals surface area contributed by atoms with E-state index in [9.17, 15) is 0 Å². The molecule has 0 amide bonds. The monoisotopic (exact) mass is 324 g/mol. The number of para-hydroxylation sites is 1. The molecule has 0 unspecified atom stereocenters. The van der Waals surface area contributed by atoms with Crippen molar-refractivity contribution in [3.05, 3.63) is 71.2 Å². The van der Waals surface area contributed by atoms with Gasteiger partial charge in [0.25, 0.3) is 0 Å². The van der Waals surface area contributed by atoms with Crippen LogP contribution in [0, 0.1) is 0 Å². The Hall–Kier alpha value is -2.33. The number of benzene rings is 1. The van der Waals surface area contributed by atoms with Crippen LogP contribution in [0.5, 0.6) is 0 Å². The summed E-state index contributed by atoms with van der Waals surface area (Å²) in [5, 5.41) is 7.48. The molecule has 0 atom stereocenters. The average molecular weight is 325 g/mol. The standard InChI is InChI=1S/C18H17ClN4/c19-16-3-1-2-4-18(16)23-13-15-12-22(10-7-17(15)21-23)11-14-5-8-20-9-6-14/h1-6,8-9,12H,7,10-11,13H2. The number of hydrogen-bond acceptors (Lipinski definition) is 4. The Labute approximate surface area is 140 Å². The van der Waals surface area contributed by atoms with E-state index in [1.807, 2.05) is 41.7 Å². The Bertz CT molecular complexity index is 770. The molecule has 0 saturated heterocycles. The summed E-state index contributed by atoms with van der Waals surface area (Å²) in [4.78, 5) is 6.42. The molecule has 0 fully saturated rings. The van der Waals surface area contributed by atoms with Gasteiger partial charge in [-0.3, -0.25) is 9.99 Å². The normalized spacial score (nSPS) is 16.9. The first-order valence-electron chi connectivity index (χ1n) is 7.73. The quantitative estimate of drug-likeness (QED) is 0.862. The molecule has 0 bridgehead atoms. The molecule has 0 spiro atoms. The first-order valence-corrected chi connectivity index (χ1v) is 8.11. The number of hydrazone groups is 1. The fourth-order valence-electron chi connectivity index (χ4n) is 3.01. The minimum absolute atomic E-state index is 0.740. The summed E-state index contributed by atoms with van der Waals surface area (Å²) in [6.07, 6.45) is 6.89. The number of fused-ring (bicyclic) bond motifs is 1. The predicted octanol–water partition coefficient (Wildman–Crippen LogP) is 3.70. The molecule has 2 aromatic rings. The largest absolute Gasteiger partial charge is 0.372 e. The van der Waals surface area contributed by atoms with Gasteiger partial charge in [-0.05, 0) is 29.8 Å². The second-order valence-electron chi connectivity index (χ2n) is 5.79. The lowest BCUT2D eigenvalue weighted by Crippen LogP contribution is -2.27. The van der Waals surface area contributed by atoms with Gasteiger partial charge in [-0.1, -0.05) is 23.7 Å². The van der Waals surface area contributed by atoms with Crippen LogP contribution >= 0.6 is 11.6 Å². The van der Waals surface area contributed by atoms with Crippen molar-refractivity contribution in [2.45, 2.75) is 13.0 Å². The highest BCUT2D eigenvalue weighted by molar-refractivity contribution is 6.33. The SMILES string of the molecule is Clc1ccccc1N1CC2=CN(Cc3ccncc3)CCC2=N1.